The number of benzene rings is 1. The van der Waals surface area contributed by atoms with Crippen molar-refractivity contribution in [2.75, 3.05) is 0 Å². The molecule has 3 nitrogen and oxygen atoms in total. The number of nitrogens with zero attached hydrogens (tertiary/aromatic N) is 1. The molecular weight excluding hydrogens is 209 g/mol. The van der Waals surface area contributed by atoms with E-state index in [4.69, 9.17) is 0 Å². The van der Waals surface area contributed by atoms with Gasteiger partial charge in [0, 0.05) is 11.1 Å². The second-order valence-electron chi connectivity index (χ2n) is 3.18. The maximum atomic E-state index is 12.7. The monoisotopic (exact) mass is 217 g/mol. The summed E-state index contributed by atoms with van der Waals surface area (Å²) < 4.78 is 17.3. The maximum absolute atomic E-state index is 12.7. The van der Waals surface area contributed by atoms with Gasteiger partial charge in [-0.05, 0) is 23.8 Å². The number of aromatic nitrogens is 1. The number of hydrogen-bond donors (Lipinski definition) is 0. The third kappa shape index (κ3) is 2.23. The Hall–Kier alpha value is -2.23. The Balaban J connectivity index is 2.36. The van der Waals surface area contributed by atoms with Crippen molar-refractivity contribution in [1.82, 2.24) is 5.16 Å². The maximum Gasteiger partial charge on any atom is 0.150 e. The number of carbonyl (C=O) groups excluding carboxylic acids is 1. The Labute approximate surface area is 91.2 Å². The van der Waals surface area contributed by atoms with Crippen LogP contribution in [0.25, 0.3) is 11.6 Å². The van der Waals surface area contributed by atoms with Crippen LogP contribution in [-0.4, -0.2) is 11.4 Å². The molecule has 80 valence electrons. The normalized spacial score (nSPS) is 11.4. The lowest BCUT2D eigenvalue weighted by Crippen LogP contribution is -1.86. The van der Waals surface area contributed by atoms with Gasteiger partial charge in [-0.25, -0.2) is 4.39 Å². The second kappa shape index (κ2) is 4.53. The van der Waals surface area contributed by atoms with E-state index in [1.807, 2.05) is 0 Å². The highest BCUT2D eigenvalue weighted by molar-refractivity contribution is 6.13. The van der Waals surface area contributed by atoms with Crippen molar-refractivity contribution in [2.24, 2.45) is 0 Å². The van der Waals surface area contributed by atoms with E-state index in [-0.39, 0.29) is 5.82 Å². The first-order valence-corrected chi connectivity index (χ1v) is 4.62. The molecule has 4 heteroatoms. The molecule has 0 aliphatic heterocycles. The van der Waals surface area contributed by atoms with E-state index >= 15 is 0 Å². The van der Waals surface area contributed by atoms with Crippen molar-refractivity contribution in [2.45, 2.75) is 0 Å². The summed E-state index contributed by atoms with van der Waals surface area (Å²) >= 11 is 0. The van der Waals surface area contributed by atoms with Crippen LogP contribution in [0.1, 0.15) is 11.1 Å². The third-order valence-electron chi connectivity index (χ3n) is 2.08. The molecule has 1 heterocycles. The molecule has 16 heavy (non-hydrogen) atoms. The van der Waals surface area contributed by atoms with Gasteiger partial charge in [-0.3, -0.25) is 4.79 Å². The molecule has 0 aliphatic carbocycles. The van der Waals surface area contributed by atoms with Crippen LogP contribution in [0.3, 0.4) is 0 Å². The van der Waals surface area contributed by atoms with Gasteiger partial charge >= 0.3 is 0 Å². The molecule has 1 aromatic heterocycles. The number of allylic oxidation sites excluding steroid dienone is 1. The first kappa shape index (κ1) is 10.3. The van der Waals surface area contributed by atoms with E-state index in [1.54, 1.807) is 18.2 Å². The Morgan fingerprint density at radius 3 is 2.62 bits per heavy atom. The van der Waals surface area contributed by atoms with E-state index in [2.05, 4.69) is 9.68 Å². The average molecular weight is 217 g/mol. The molecule has 0 aliphatic rings. The zero-order valence-corrected chi connectivity index (χ0v) is 8.26. The molecule has 0 unspecified atom stereocenters. The van der Waals surface area contributed by atoms with Crippen molar-refractivity contribution in [3.05, 3.63) is 53.7 Å². The van der Waals surface area contributed by atoms with Crippen molar-refractivity contribution >= 4 is 17.9 Å². The standard InChI is InChI=1S/C12H8FNO2/c13-12-3-1-10(2-4-12)11(7-15)5-9-6-14-16-8-9/h1-8H. The zero-order valence-electron chi connectivity index (χ0n) is 8.26. The predicted octanol–water partition coefficient (Wildman–Crippen LogP) is 2.55. The van der Waals surface area contributed by atoms with Crippen LogP contribution in [0.15, 0.2) is 41.2 Å². The van der Waals surface area contributed by atoms with Crippen LogP contribution in [0.5, 0.6) is 0 Å². The molecule has 0 bridgehead atoms. The molecule has 2 rings (SSSR count). The van der Waals surface area contributed by atoms with Gasteiger partial charge in [-0.15, -0.1) is 0 Å². The molecule has 0 N–H and O–H groups in total. The van der Waals surface area contributed by atoms with E-state index < -0.39 is 0 Å². The second-order valence-corrected chi connectivity index (χ2v) is 3.18. The van der Waals surface area contributed by atoms with Crippen molar-refractivity contribution in [1.29, 1.82) is 0 Å². The number of carbonyl (C=O) groups is 1. The highest BCUT2D eigenvalue weighted by Gasteiger charge is 2.01. The Bertz CT molecular complexity index is 500. The zero-order chi connectivity index (χ0) is 11.4. The number of hydrogen-bond acceptors (Lipinski definition) is 3. The van der Waals surface area contributed by atoms with Gasteiger partial charge in [-0.2, -0.15) is 0 Å². The van der Waals surface area contributed by atoms with Crippen LogP contribution in [0, 0.1) is 5.82 Å². The largest absolute Gasteiger partial charge is 0.364 e. The molecule has 0 atom stereocenters. The van der Waals surface area contributed by atoms with E-state index in [9.17, 15) is 9.18 Å². The van der Waals surface area contributed by atoms with E-state index in [0.717, 1.165) is 0 Å². The Morgan fingerprint density at radius 1 is 1.31 bits per heavy atom. The minimum atomic E-state index is -0.334. The van der Waals surface area contributed by atoms with Gasteiger partial charge < -0.3 is 4.52 Å². The van der Waals surface area contributed by atoms with Gasteiger partial charge in [0.1, 0.15) is 12.1 Å². The van der Waals surface area contributed by atoms with Crippen molar-refractivity contribution < 1.29 is 13.7 Å². The summed E-state index contributed by atoms with van der Waals surface area (Å²) in [6.45, 7) is 0. The van der Waals surface area contributed by atoms with Gasteiger partial charge in [0.2, 0.25) is 0 Å². The Kier molecular flexibility index (Phi) is 2.91. The first-order chi connectivity index (χ1) is 7.79. The number of halogens is 1. The average Bonchev–Trinajstić information content (AvgIpc) is 2.80. The van der Waals surface area contributed by atoms with Crippen LogP contribution in [0.4, 0.5) is 4.39 Å². The summed E-state index contributed by atoms with van der Waals surface area (Å²) in [6.07, 6.45) is 5.25. The van der Waals surface area contributed by atoms with E-state index in [0.29, 0.717) is 23.0 Å². The third-order valence-corrected chi connectivity index (χ3v) is 2.08. The minimum Gasteiger partial charge on any atom is -0.364 e. The van der Waals surface area contributed by atoms with E-state index in [1.165, 1.54) is 24.6 Å². The summed E-state index contributed by atoms with van der Waals surface area (Å²) in [6, 6.07) is 5.70. The lowest BCUT2D eigenvalue weighted by Gasteiger charge is -1.98. The summed E-state index contributed by atoms with van der Waals surface area (Å²) in [5.41, 5.74) is 1.78. The number of aldehydes is 1. The fourth-order valence-corrected chi connectivity index (χ4v) is 1.29. The molecule has 0 fully saturated rings. The fourth-order valence-electron chi connectivity index (χ4n) is 1.29. The molecule has 0 saturated heterocycles. The van der Waals surface area contributed by atoms with Crippen molar-refractivity contribution in [3.63, 3.8) is 0 Å². The predicted molar refractivity (Wildman–Crippen MR) is 56.8 cm³/mol. The highest BCUT2D eigenvalue weighted by atomic mass is 19.1. The first-order valence-electron chi connectivity index (χ1n) is 4.62. The molecule has 0 saturated carbocycles. The molecule has 2 aromatic rings. The highest BCUT2D eigenvalue weighted by Crippen LogP contribution is 2.16. The topological polar surface area (TPSA) is 43.1 Å². The summed E-state index contributed by atoms with van der Waals surface area (Å²) in [4.78, 5) is 10.9. The SMILES string of the molecule is O=CC(=Cc1cnoc1)c1ccc(F)cc1. The fraction of sp³-hybridized carbons (Fsp3) is 0. The summed E-state index contributed by atoms with van der Waals surface area (Å²) in [7, 11) is 0. The quantitative estimate of drug-likeness (QED) is 0.586. The lowest BCUT2D eigenvalue weighted by molar-refractivity contribution is -0.103. The molecule has 0 amide bonds. The van der Waals surface area contributed by atoms with Gasteiger partial charge in [0.25, 0.3) is 0 Å². The summed E-state index contributed by atoms with van der Waals surface area (Å²) in [5.74, 6) is -0.334. The van der Waals surface area contributed by atoms with Crippen LogP contribution in [0.2, 0.25) is 0 Å². The van der Waals surface area contributed by atoms with Gasteiger partial charge in [0.05, 0.1) is 6.20 Å². The smallest absolute Gasteiger partial charge is 0.150 e. The van der Waals surface area contributed by atoms with Crippen molar-refractivity contribution in [3.8, 4) is 0 Å². The molecule has 1 aromatic carbocycles. The molecule has 0 spiro atoms. The summed E-state index contributed by atoms with van der Waals surface area (Å²) in [5, 5.41) is 3.52. The van der Waals surface area contributed by atoms with Crippen LogP contribution < -0.4 is 0 Å². The van der Waals surface area contributed by atoms with Crippen LogP contribution in [-0.2, 0) is 4.79 Å². The van der Waals surface area contributed by atoms with Gasteiger partial charge in [0.15, 0.2) is 6.29 Å². The lowest BCUT2D eigenvalue weighted by atomic mass is 10.1. The Morgan fingerprint density at radius 2 is 2.06 bits per heavy atom. The minimum absolute atomic E-state index is 0.334. The van der Waals surface area contributed by atoms with Crippen LogP contribution >= 0.6 is 0 Å². The number of rotatable bonds is 3. The van der Waals surface area contributed by atoms with Gasteiger partial charge in [-0.1, -0.05) is 17.3 Å². The molecular formula is C12H8FNO2. The molecule has 0 radical (unpaired) electrons.